The first-order chi connectivity index (χ1) is 10.9. The molecule has 0 spiro atoms. The number of nitrogens with two attached hydrogens (primary N) is 1. The highest BCUT2D eigenvalue weighted by molar-refractivity contribution is 5.92. The van der Waals surface area contributed by atoms with Crippen molar-refractivity contribution in [2.24, 2.45) is 0 Å². The number of carbonyl (C=O) groups excluding carboxylic acids is 1. The van der Waals surface area contributed by atoms with Crippen LogP contribution in [0, 0.1) is 0 Å². The minimum absolute atomic E-state index is 0.391. The maximum absolute atomic E-state index is 11.7. The summed E-state index contributed by atoms with van der Waals surface area (Å²) in [5.41, 5.74) is 11.6. The first-order valence-electron chi connectivity index (χ1n) is 7.61. The largest absolute Gasteiger partial charge is 0.465 e. The van der Waals surface area contributed by atoms with Crippen LogP contribution in [0.15, 0.2) is 46.1 Å². The van der Waals surface area contributed by atoms with Crippen LogP contribution in [0.3, 0.4) is 0 Å². The molecular weight excluding hydrogens is 290 g/mol. The number of benzene rings is 1. The molecule has 0 amide bonds. The standard InChI is InChI=1S/C19H23NO3/c1-12(2)13(3)5-6-14-9-18(23-11-14)16-10-15(19(21)22-4)7-8-17(16)20/h7-11H,5-6,20H2,1-4H3. The lowest BCUT2D eigenvalue weighted by atomic mass is 10.0. The molecule has 0 saturated carbocycles. The molecule has 0 saturated heterocycles. The summed E-state index contributed by atoms with van der Waals surface area (Å²) in [6.45, 7) is 6.39. The number of nitrogen functional groups attached to an aromatic ring is 1. The third-order valence-corrected chi connectivity index (χ3v) is 4.04. The van der Waals surface area contributed by atoms with Crippen LogP contribution in [0.4, 0.5) is 5.69 Å². The number of allylic oxidation sites excluding steroid dienone is 2. The van der Waals surface area contributed by atoms with Gasteiger partial charge >= 0.3 is 5.97 Å². The Hall–Kier alpha value is -2.49. The topological polar surface area (TPSA) is 65.5 Å². The number of aryl methyl sites for hydroxylation is 1. The molecule has 0 aliphatic heterocycles. The van der Waals surface area contributed by atoms with Gasteiger partial charge in [0.05, 0.1) is 18.9 Å². The van der Waals surface area contributed by atoms with E-state index in [0.29, 0.717) is 22.6 Å². The summed E-state index contributed by atoms with van der Waals surface area (Å²) in [4.78, 5) is 11.7. The number of ether oxygens (including phenoxy) is 1. The molecule has 0 unspecified atom stereocenters. The Kier molecular flexibility index (Phi) is 5.27. The molecule has 2 N–H and O–H groups in total. The summed E-state index contributed by atoms with van der Waals surface area (Å²) >= 11 is 0. The van der Waals surface area contributed by atoms with E-state index in [0.717, 1.165) is 18.4 Å². The highest BCUT2D eigenvalue weighted by Crippen LogP contribution is 2.29. The van der Waals surface area contributed by atoms with E-state index < -0.39 is 5.97 Å². The van der Waals surface area contributed by atoms with Crippen LogP contribution >= 0.6 is 0 Å². The molecule has 0 radical (unpaired) electrons. The minimum Gasteiger partial charge on any atom is -0.465 e. The van der Waals surface area contributed by atoms with E-state index in [1.165, 1.54) is 18.3 Å². The lowest BCUT2D eigenvalue weighted by molar-refractivity contribution is 0.0601. The van der Waals surface area contributed by atoms with Gasteiger partial charge in [-0.05, 0) is 63.4 Å². The molecule has 0 bridgehead atoms. The quantitative estimate of drug-likeness (QED) is 0.497. The van der Waals surface area contributed by atoms with Crippen LogP contribution in [0.2, 0.25) is 0 Å². The smallest absolute Gasteiger partial charge is 0.337 e. The fourth-order valence-corrected chi connectivity index (χ4v) is 2.24. The van der Waals surface area contributed by atoms with Gasteiger partial charge in [-0.2, -0.15) is 0 Å². The van der Waals surface area contributed by atoms with E-state index in [-0.39, 0.29) is 0 Å². The number of carbonyl (C=O) groups is 1. The molecule has 1 aromatic carbocycles. The van der Waals surface area contributed by atoms with E-state index >= 15 is 0 Å². The van der Waals surface area contributed by atoms with E-state index in [9.17, 15) is 4.79 Å². The van der Waals surface area contributed by atoms with Crippen LogP contribution in [-0.2, 0) is 11.2 Å². The summed E-state index contributed by atoms with van der Waals surface area (Å²) in [7, 11) is 1.36. The maximum Gasteiger partial charge on any atom is 0.337 e. The van der Waals surface area contributed by atoms with Gasteiger partial charge in [-0.15, -0.1) is 0 Å². The van der Waals surface area contributed by atoms with Gasteiger partial charge in [0.2, 0.25) is 0 Å². The first-order valence-corrected chi connectivity index (χ1v) is 7.61. The molecule has 2 aromatic rings. The molecule has 2 rings (SSSR count). The van der Waals surface area contributed by atoms with E-state index in [1.807, 2.05) is 6.07 Å². The van der Waals surface area contributed by atoms with Crippen molar-refractivity contribution in [3.63, 3.8) is 0 Å². The van der Waals surface area contributed by atoms with Gasteiger partial charge in [0, 0.05) is 11.3 Å². The van der Waals surface area contributed by atoms with Crippen molar-refractivity contribution in [1.29, 1.82) is 0 Å². The van der Waals surface area contributed by atoms with Gasteiger partial charge < -0.3 is 14.9 Å². The van der Waals surface area contributed by atoms with E-state index in [2.05, 4.69) is 20.8 Å². The highest BCUT2D eigenvalue weighted by Gasteiger charge is 2.13. The summed E-state index contributed by atoms with van der Waals surface area (Å²) < 4.78 is 10.4. The second kappa shape index (κ2) is 7.18. The summed E-state index contributed by atoms with van der Waals surface area (Å²) in [5.74, 6) is 0.273. The SMILES string of the molecule is COC(=O)c1ccc(N)c(-c2cc(CCC(C)=C(C)C)co2)c1. The molecule has 122 valence electrons. The molecule has 0 fully saturated rings. The number of methoxy groups -OCH3 is 1. The molecule has 4 heteroatoms. The van der Waals surface area contributed by atoms with Crippen LogP contribution in [0.25, 0.3) is 11.3 Å². The van der Waals surface area contributed by atoms with Crippen molar-refractivity contribution in [3.8, 4) is 11.3 Å². The van der Waals surface area contributed by atoms with Crippen molar-refractivity contribution in [2.75, 3.05) is 12.8 Å². The zero-order valence-corrected chi connectivity index (χ0v) is 14.1. The maximum atomic E-state index is 11.7. The van der Waals surface area contributed by atoms with Crippen molar-refractivity contribution < 1.29 is 13.9 Å². The zero-order chi connectivity index (χ0) is 17.0. The molecule has 0 aliphatic carbocycles. The van der Waals surface area contributed by atoms with Gasteiger partial charge in [0.1, 0.15) is 5.76 Å². The van der Waals surface area contributed by atoms with Crippen molar-refractivity contribution in [1.82, 2.24) is 0 Å². The van der Waals surface area contributed by atoms with Gasteiger partial charge in [-0.25, -0.2) is 4.79 Å². The number of hydrogen-bond acceptors (Lipinski definition) is 4. The molecular formula is C19H23NO3. The molecule has 1 aromatic heterocycles. The summed E-state index contributed by atoms with van der Waals surface area (Å²) in [6, 6.07) is 7.01. The van der Waals surface area contributed by atoms with Crippen LogP contribution in [0.1, 0.15) is 43.1 Å². The third kappa shape index (κ3) is 4.03. The average molecular weight is 313 g/mol. The third-order valence-electron chi connectivity index (χ3n) is 4.04. The lowest BCUT2D eigenvalue weighted by Crippen LogP contribution is -2.02. The summed E-state index contributed by atoms with van der Waals surface area (Å²) in [6.07, 6.45) is 3.66. The number of hydrogen-bond donors (Lipinski definition) is 1. The average Bonchev–Trinajstić information content (AvgIpc) is 3.00. The van der Waals surface area contributed by atoms with E-state index in [1.54, 1.807) is 24.5 Å². The number of rotatable bonds is 5. The second-order valence-electron chi connectivity index (χ2n) is 5.89. The second-order valence-corrected chi connectivity index (χ2v) is 5.89. The predicted octanol–water partition coefficient (Wildman–Crippen LogP) is 4.60. The first kappa shape index (κ1) is 16.9. The minimum atomic E-state index is -0.391. The Balaban J connectivity index is 2.23. The van der Waals surface area contributed by atoms with Gasteiger partial charge in [0.25, 0.3) is 0 Å². The van der Waals surface area contributed by atoms with Crippen LogP contribution in [-0.4, -0.2) is 13.1 Å². The van der Waals surface area contributed by atoms with Crippen molar-refractivity contribution >= 4 is 11.7 Å². The number of anilines is 1. The Bertz CT molecular complexity index is 737. The molecule has 23 heavy (non-hydrogen) atoms. The van der Waals surface area contributed by atoms with Gasteiger partial charge in [-0.1, -0.05) is 11.1 Å². The number of esters is 1. The fraction of sp³-hybridized carbons (Fsp3) is 0.316. The molecule has 4 nitrogen and oxygen atoms in total. The Morgan fingerprint density at radius 2 is 1.96 bits per heavy atom. The zero-order valence-electron chi connectivity index (χ0n) is 14.1. The molecule has 0 aliphatic rings. The lowest BCUT2D eigenvalue weighted by Gasteiger charge is -2.05. The normalized spacial score (nSPS) is 10.4. The Morgan fingerprint density at radius 3 is 2.61 bits per heavy atom. The fourth-order valence-electron chi connectivity index (χ4n) is 2.24. The predicted molar refractivity (Wildman–Crippen MR) is 92.3 cm³/mol. The molecule has 0 atom stereocenters. The monoisotopic (exact) mass is 313 g/mol. The van der Waals surface area contributed by atoms with Crippen molar-refractivity contribution in [2.45, 2.75) is 33.6 Å². The van der Waals surface area contributed by atoms with Crippen LogP contribution in [0.5, 0.6) is 0 Å². The highest BCUT2D eigenvalue weighted by atomic mass is 16.5. The van der Waals surface area contributed by atoms with Gasteiger partial charge in [0.15, 0.2) is 0 Å². The van der Waals surface area contributed by atoms with Gasteiger partial charge in [-0.3, -0.25) is 0 Å². The number of furan rings is 1. The Labute approximate surface area is 136 Å². The van der Waals surface area contributed by atoms with E-state index in [4.69, 9.17) is 14.9 Å². The summed E-state index contributed by atoms with van der Waals surface area (Å²) in [5, 5.41) is 0. The van der Waals surface area contributed by atoms with Crippen LogP contribution < -0.4 is 5.73 Å². The van der Waals surface area contributed by atoms with Crippen molar-refractivity contribution in [3.05, 3.63) is 52.8 Å². The Morgan fingerprint density at radius 1 is 1.22 bits per heavy atom. The molecule has 1 heterocycles.